The molecule has 6 nitrogen and oxygen atoms in total. The average Bonchev–Trinajstić information content (AvgIpc) is 3.10. The minimum Gasteiger partial charge on any atom is -0.444 e. The van der Waals surface area contributed by atoms with Crippen molar-refractivity contribution in [2.75, 3.05) is 13.1 Å². The fourth-order valence-electron chi connectivity index (χ4n) is 2.98. The Morgan fingerprint density at radius 3 is 2.96 bits per heavy atom. The van der Waals surface area contributed by atoms with Crippen molar-refractivity contribution in [1.29, 1.82) is 0 Å². The second kappa shape index (κ2) is 7.81. The zero-order chi connectivity index (χ0) is 16.9. The third-order valence-electron chi connectivity index (χ3n) is 4.07. The van der Waals surface area contributed by atoms with E-state index in [4.69, 9.17) is 4.74 Å². The number of likely N-dealkylation sites (tertiary alicyclic amines) is 1. The number of rotatable bonds is 6. The van der Waals surface area contributed by atoms with E-state index in [0.717, 1.165) is 45.4 Å². The fourth-order valence-corrected chi connectivity index (χ4v) is 2.98. The van der Waals surface area contributed by atoms with E-state index < -0.39 is 5.60 Å². The third-order valence-corrected chi connectivity index (χ3v) is 4.07. The lowest BCUT2D eigenvalue weighted by Crippen LogP contribution is -2.40. The molecule has 0 aliphatic carbocycles. The molecule has 1 aliphatic heterocycles. The van der Waals surface area contributed by atoms with E-state index in [0.29, 0.717) is 0 Å². The molecule has 1 atom stereocenters. The van der Waals surface area contributed by atoms with Crippen LogP contribution in [0.25, 0.3) is 0 Å². The van der Waals surface area contributed by atoms with Crippen molar-refractivity contribution in [3.8, 4) is 0 Å². The van der Waals surface area contributed by atoms with Crippen molar-refractivity contribution in [3.63, 3.8) is 0 Å². The first-order valence-electron chi connectivity index (χ1n) is 8.61. The van der Waals surface area contributed by atoms with Crippen molar-refractivity contribution < 1.29 is 9.53 Å². The Hall–Kier alpha value is -1.56. The number of nitrogens with zero attached hydrogens (tertiary/aromatic N) is 3. The predicted octanol–water partition coefficient (Wildman–Crippen LogP) is 2.78. The number of ether oxygens (including phenoxy) is 1. The first kappa shape index (κ1) is 17.8. The van der Waals surface area contributed by atoms with Gasteiger partial charge in [-0.25, -0.2) is 4.79 Å². The van der Waals surface area contributed by atoms with Crippen molar-refractivity contribution in [2.45, 2.75) is 71.7 Å². The van der Waals surface area contributed by atoms with Crippen LogP contribution in [0.3, 0.4) is 0 Å². The van der Waals surface area contributed by atoms with Gasteiger partial charge < -0.3 is 15.0 Å². The van der Waals surface area contributed by atoms with Gasteiger partial charge in [-0.15, -0.1) is 0 Å². The smallest absolute Gasteiger partial charge is 0.410 e. The summed E-state index contributed by atoms with van der Waals surface area (Å²) in [5.41, 5.74) is 0.768. The minimum atomic E-state index is -0.430. The second-order valence-electron chi connectivity index (χ2n) is 7.07. The molecule has 1 N–H and O–H groups in total. The van der Waals surface area contributed by atoms with Gasteiger partial charge in [0.25, 0.3) is 0 Å². The van der Waals surface area contributed by atoms with E-state index in [-0.39, 0.29) is 12.1 Å². The van der Waals surface area contributed by atoms with E-state index in [1.54, 1.807) is 0 Å². The molecule has 0 saturated carbocycles. The van der Waals surface area contributed by atoms with Gasteiger partial charge in [0.1, 0.15) is 5.60 Å². The maximum absolute atomic E-state index is 12.2. The van der Waals surface area contributed by atoms with Crippen LogP contribution in [0.2, 0.25) is 0 Å². The quantitative estimate of drug-likeness (QED) is 0.818. The summed E-state index contributed by atoms with van der Waals surface area (Å²) in [4.78, 5) is 14.1. The summed E-state index contributed by atoms with van der Waals surface area (Å²) in [5, 5.41) is 7.72. The summed E-state index contributed by atoms with van der Waals surface area (Å²) in [7, 11) is 0. The van der Waals surface area contributed by atoms with Crippen molar-refractivity contribution in [3.05, 3.63) is 18.0 Å². The molecule has 1 fully saturated rings. The molecule has 0 radical (unpaired) electrons. The Morgan fingerprint density at radius 1 is 1.48 bits per heavy atom. The van der Waals surface area contributed by atoms with Crippen LogP contribution in [-0.2, 0) is 17.8 Å². The average molecular weight is 322 g/mol. The lowest BCUT2D eigenvalue weighted by Gasteiger charge is -2.28. The van der Waals surface area contributed by atoms with Gasteiger partial charge in [-0.2, -0.15) is 5.10 Å². The number of aromatic nitrogens is 2. The lowest BCUT2D eigenvalue weighted by molar-refractivity contribution is 0.0220. The largest absolute Gasteiger partial charge is 0.444 e. The standard InChI is InChI=1S/C17H30N4O2/c1-5-21-15(9-11-19-21)13-18-10-8-14-7-6-12-20(14)16(22)23-17(2,3)4/h9,11,14,18H,5-8,10,12-13H2,1-4H3. The van der Waals surface area contributed by atoms with Gasteiger partial charge in [0.05, 0.1) is 5.69 Å². The highest BCUT2D eigenvalue weighted by atomic mass is 16.6. The summed E-state index contributed by atoms with van der Waals surface area (Å²) >= 11 is 0. The normalized spacial score (nSPS) is 18.4. The zero-order valence-corrected chi connectivity index (χ0v) is 14.8. The van der Waals surface area contributed by atoms with Gasteiger partial charge in [-0.05, 0) is 59.6 Å². The number of carbonyl (C=O) groups excluding carboxylic acids is 1. The van der Waals surface area contributed by atoms with Crippen molar-refractivity contribution >= 4 is 6.09 Å². The Balaban J connectivity index is 1.75. The number of aryl methyl sites for hydroxylation is 1. The highest BCUT2D eigenvalue weighted by molar-refractivity contribution is 5.68. The Kier molecular flexibility index (Phi) is 6.04. The Labute approximate surface area is 139 Å². The molecular weight excluding hydrogens is 292 g/mol. The zero-order valence-electron chi connectivity index (χ0n) is 14.8. The second-order valence-corrected chi connectivity index (χ2v) is 7.07. The maximum atomic E-state index is 12.2. The molecule has 23 heavy (non-hydrogen) atoms. The van der Waals surface area contributed by atoms with Crippen LogP contribution in [0.4, 0.5) is 4.79 Å². The SMILES string of the molecule is CCn1nccc1CNCCC1CCCN1C(=O)OC(C)(C)C. The van der Waals surface area contributed by atoms with Gasteiger partial charge in [-0.1, -0.05) is 0 Å². The third kappa shape index (κ3) is 5.23. The van der Waals surface area contributed by atoms with Gasteiger partial charge in [-0.3, -0.25) is 4.68 Å². The molecule has 0 bridgehead atoms. The molecule has 1 saturated heterocycles. The van der Waals surface area contributed by atoms with Crippen LogP contribution in [-0.4, -0.2) is 45.5 Å². The summed E-state index contributed by atoms with van der Waals surface area (Å²) in [5.74, 6) is 0. The van der Waals surface area contributed by atoms with Gasteiger partial charge in [0.15, 0.2) is 0 Å². The van der Waals surface area contributed by atoms with Crippen molar-refractivity contribution in [1.82, 2.24) is 20.0 Å². The topological polar surface area (TPSA) is 59.4 Å². The van der Waals surface area contributed by atoms with Gasteiger partial charge >= 0.3 is 6.09 Å². The molecule has 1 aromatic rings. The summed E-state index contributed by atoms with van der Waals surface area (Å²) in [6.45, 7) is 11.2. The van der Waals surface area contributed by atoms with Crippen LogP contribution in [0, 0.1) is 0 Å². The van der Waals surface area contributed by atoms with E-state index in [2.05, 4.69) is 17.3 Å². The summed E-state index contributed by atoms with van der Waals surface area (Å²) < 4.78 is 7.50. The molecule has 1 unspecified atom stereocenters. The molecule has 2 rings (SSSR count). The van der Waals surface area contributed by atoms with Gasteiger partial charge in [0, 0.05) is 31.9 Å². The number of amides is 1. The molecule has 2 heterocycles. The van der Waals surface area contributed by atoms with E-state index in [1.807, 2.05) is 42.6 Å². The van der Waals surface area contributed by atoms with Gasteiger partial charge in [0.2, 0.25) is 0 Å². The summed E-state index contributed by atoms with van der Waals surface area (Å²) in [6, 6.07) is 2.33. The van der Waals surface area contributed by atoms with E-state index >= 15 is 0 Å². The molecular formula is C17H30N4O2. The lowest BCUT2D eigenvalue weighted by atomic mass is 10.1. The van der Waals surface area contributed by atoms with Crippen LogP contribution in [0.15, 0.2) is 12.3 Å². The van der Waals surface area contributed by atoms with Crippen LogP contribution in [0.5, 0.6) is 0 Å². The Morgan fingerprint density at radius 2 is 2.26 bits per heavy atom. The highest BCUT2D eigenvalue weighted by Gasteiger charge is 2.31. The van der Waals surface area contributed by atoms with Crippen LogP contribution < -0.4 is 5.32 Å². The number of hydrogen-bond acceptors (Lipinski definition) is 4. The number of nitrogens with one attached hydrogen (secondary N) is 1. The monoisotopic (exact) mass is 322 g/mol. The molecule has 6 heteroatoms. The molecule has 1 aromatic heterocycles. The van der Waals surface area contributed by atoms with E-state index in [9.17, 15) is 4.79 Å². The molecule has 130 valence electrons. The molecule has 1 aliphatic rings. The molecule has 0 aromatic carbocycles. The predicted molar refractivity (Wildman–Crippen MR) is 90.2 cm³/mol. The number of hydrogen-bond donors (Lipinski definition) is 1. The minimum absolute atomic E-state index is 0.177. The highest BCUT2D eigenvalue weighted by Crippen LogP contribution is 2.22. The van der Waals surface area contributed by atoms with E-state index in [1.165, 1.54) is 5.69 Å². The molecule has 0 spiro atoms. The van der Waals surface area contributed by atoms with Crippen molar-refractivity contribution in [2.24, 2.45) is 0 Å². The summed E-state index contributed by atoms with van der Waals surface area (Å²) in [6.07, 6.45) is 4.74. The van der Waals surface area contributed by atoms with Crippen LogP contribution >= 0.6 is 0 Å². The Bertz CT molecular complexity index is 507. The number of carbonyl (C=O) groups is 1. The molecule has 1 amide bonds. The van der Waals surface area contributed by atoms with Crippen LogP contribution in [0.1, 0.15) is 52.7 Å². The first-order valence-corrected chi connectivity index (χ1v) is 8.61. The fraction of sp³-hybridized carbons (Fsp3) is 0.765. The maximum Gasteiger partial charge on any atom is 0.410 e. The first-order chi connectivity index (χ1) is 10.9.